The molecule has 0 unspecified atom stereocenters. The van der Waals surface area contributed by atoms with E-state index >= 15 is 0 Å². The molecule has 25 heavy (non-hydrogen) atoms. The van der Waals surface area contributed by atoms with Crippen molar-refractivity contribution in [1.29, 1.82) is 0 Å². The summed E-state index contributed by atoms with van der Waals surface area (Å²) in [4.78, 5) is 16.6. The SMILES string of the molecule is Cn1cncc1CNC1CCC(n2nc3c(cc2=O)CCCC3)CC1. The molecular formula is C19H27N5O. The number of aryl methyl sites for hydroxylation is 3. The van der Waals surface area contributed by atoms with Crippen LogP contribution in [0.1, 0.15) is 61.5 Å². The number of hydrogen-bond acceptors (Lipinski definition) is 4. The Morgan fingerprint density at radius 3 is 2.76 bits per heavy atom. The fourth-order valence-electron chi connectivity index (χ4n) is 4.17. The van der Waals surface area contributed by atoms with Gasteiger partial charge in [-0.25, -0.2) is 9.67 Å². The van der Waals surface area contributed by atoms with Gasteiger partial charge in [0.1, 0.15) is 0 Å². The van der Waals surface area contributed by atoms with Crippen molar-refractivity contribution in [3.63, 3.8) is 0 Å². The highest BCUT2D eigenvalue weighted by atomic mass is 16.1. The molecule has 0 radical (unpaired) electrons. The van der Waals surface area contributed by atoms with Crippen molar-refractivity contribution in [1.82, 2.24) is 24.6 Å². The Kier molecular flexibility index (Phi) is 4.70. The Morgan fingerprint density at radius 1 is 1.20 bits per heavy atom. The van der Waals surface area contributed by atoms with Crippen molar-refractivity contribution in [2.75, 3.05) is 0 Å². The molecule has 2 aliphatic rings. The van der Waals surface area contributed by atoms with E-state index in [1.54, 1.807) is 4.68 Å². The molecule has 2 heterocycles. The molecule has 2 aliphatic carbocycles. The highest BCUT2D eigenvalue weighted by Gasteiger charge is 2.25. The number of rotatable bonds is 4. The quantitative estimate of drug-likeness (QED) is 0.925. The number of aromatic nitrogens is 4. The molecule has 134 valence electrons. The van der Waals surface area contributed by atoms with E-state index in [1.165, 1.54) is 24.1 Å². The van der Waals surface area contributed by atoms with Gasteiger partial charge in [0, 0.05) is 31.9 Å². The molecular weight excluding hydrogens is 314 g/mol. The van der Waals surface area contributed by atoms with Crippen LogP contribution in [0.25, 0.3) is 0 Å². The summed E-state index contributed by atoms with van der Waals surface area (Å²) >= 11 is 0. The van der Waals surface area contributed by atoms with Crippen molar-refractivity contribution in [2.24, 2.45) is 7.05 Å². The Morgan fingerprint density at radius 2 is 2.00 bits per heavy atom. The minimum absolute atomic E-state index is 0.0898. The first-order chi connectivity index (χ1) is 12.2. The molecule has 2 aromatic rings. The predicted molar refractivity (Wildman–Crippen MR) is 96.5 cm³/mol. The summed E-state index contributed by atoms with van der Waals surface area (Å²) in [6.45, 7) is 0.850. The van der Waals surface area contributed by atoms with Crippen molar-refractivity contribution < 1.29 is 0 Å². The van der Waals surface area contributed by atoms with Crippen molar-refractivity contribution in [3.05, 3.63) is 45.9 Å². The lowest BCUT2D eigenvalue weighted by Crippen LogP contribution is -2.37. The van der Waals surface area contributed by atoms with Gasteiger partial charge in [-0.3, -0.25) is 4.79 Å². The molecule has 0 spiro atoms. The van der Waals surface area contributed by atoms with Crippen LogP contribution < -0.4 is 10.9 Å². The fourth-order valence-corrected chi connectivity index (χ4v) is 4.17. The number of nitrogens with one attached hydrogen (secondary N) is 1. The van der Waals surface area contributed by atoms with E-state index in [9.17, 15) is 4.79 Å². The average Bonchev–Trinajstić information content (AvgIpc) is 3.05. The predicted octanol–water partition coefficient (Wildman–Crippen LogP) is 2.13. The lowest BCUT2D eigenvalue weighted by Gasteiger charge is -2.30. The molecule has 0 bridgehead atoms. The summed E-state index contributed by atoms with van der Waals surface area (Å²) in [6.07, 6.45) is 12.4. The Hall–Kier alpha value is -1.95. The van der Waals surface area contributed by atoms with Crippen LogP contribution in [-0.4, -0.2) is 25.4 Å². The number of hydrogen-bond donors (Lipinski definition) is 1. The van der Waals surface area contributed by atoms with Crippen molar-refractivity contribution in [2.45, 2.75) is 70.0 Å². The van der Waals surface area contributed by atoms with Crippen LogP contribution in [-0.2, 0) is 26.4 Å². The molecule has 6 heteroatoms. The summed E-state index contributed by atoms with van der Waals surface area (Å²) in [6, 6.07) is 2.61. The summed E-state index contributed by atoms with van der Waals surface area (Å²) < 4.78 is 3.83. The topological polar surface area (TPSA) is 64.7 Å². The van der Waals surface area contributed by atoms with E-state index in [0.29, 0.717) is 6.04 Å². The van der Waals surface area contributed by atoms with E-state index in [-0.39, 0.29) is 11.6 Å². The second-order valence-corrected chi connectivity index (χ2v) is 7.49. The molecule has 0 aromatic carbocycles. The first-order valence-corrected chi connectivity index (χ1v) is 9.51. The third-order valence-electron chi connectivity index (χ3n) is 5.76. The zero-order chi connectivity index (χ0) is 17.2. The second kappa shape index (κ2) is 7.12. The number of nitrogens with zero attached hydrogens (tertiary/aromatic N) is 4. The summed E-state index contributed by atoms with van der Waals surface area (Å²) in [7, 11) is 2.02. The van der Waals surface area contributed by atoms with Gasteiger partial charge in [-0.1, -0.05) is 0 Å². The van der Waals surface area contributed by atoms with E-state index in [1.807, 2.05) is 25.6 Å². The Balaban J connectivity index is 1.37. The maximum absolute atomic E-state index is 12.5. The monoisotopic (exact) mass is 341 g/mol. The largest absolute Gasteiger partial charge is 0.337 e. The van der Waals surface area contributed by atoms with Gasteiger partial charge in [0.2, 0.25) is 0 Å². The van der Waals surface area contributed by atoms with E-state index < -0.39 is 0 Å². The summed E-state index contributed by atoms with van der Waals surface area (Å²) in [5, 5.41) is 8.36. The summed E-state index contributed by atoms with van der Waals surface area (Å²) in [5.41, 5.74) is 3.63. The standard InChI is InChI=1S/C19H27N5O/c1-23-13-20-11-17(23)12-21-15-6-8-16(9-7-15)24-19(25)10-14-4-2-3-5-18(14)22-24/h10-11,13,15-16,21H,2-9,12H2,1H3. The van der Waals surface area contributed by atoms with Gasteiger partial charge >= 0.3 is 0 Å². The van der Waals surface area contributed by atoms with Crippen LogP contribution in [0.3, 0.4) is 0 Å². The normalized spacial score (nSPS) is 23.4. The lowest BCUT2D eigenvalue weighted by atomic mass is 9.91. The highest BCUT2D eigenvalue weighted by Crippen LogP contribution is 2.28. The van der Waals surface area contributed by atoms with E-state index in [0.717, 1.165) is 50.8 Å². The number of fused-ring (bicyclic) bond motifs is 1. The molecule has 0 atom stereocenters. The lowest BCUT2D eigenvalue weighted by molar-refractivity contribution is 0.265. The highest BCUT2D eigenvalue weighted by molar-refractivity contribution is 5.20. The molecule has 0 amide bonds. The fraction of sp³-hybridized carbons (Fsp3) is 0.632. The molecule has 4 rings (SSSR count). The molecule has 2 aromatic heterocycles. The van der Waals surface area contributed by atoms with E-state index in [2.05, 4.69) is 14.9 Å². The first-order valence-electron chi connectivity index (χ1n) is 9.51. The van der Waals surface area contributed by atoms with Crippen molar-refractivity contribution >= 4 is 0 Å². The smallest absolute Gasteiger partial charge is 0.267 e. The molecule has 1 fully saturated rings. The van der Waals surface area contributed by atoms with Crippen LogP contribution in [0, 0.1) is 0 Å². The third-order valence-corrected chi connectivity index (χ3v) is 5.76. The third kappa shape index (κ3) is 3.54. The molecule has 6 nitrogen and oxygen atoms in total. The minimum atomic E-state index is 0.0898. The van der Waals surface area contributed by atoms with Crippen molar-refractivity contribution in [3.8, 4) is 0 Å². The molecule has 0 aliphatic heterocycles. The van der Waals surface area contributed by atoms with Crippen LogP contribution >= 0.6 is 0 Å². The van der Waals surface area contributed by atoms with Crippen LogP contribution in [0.15, 0.2) is 23.4 Å². The second-order valence-electron chi connectivity index (χ2n) is 7.49. The minimum Gasteiger partial charge on any atom is -0.337 e. The number of imidazole rings is 1. The van der Waals surface area contributed by atoms with Gasteiger partial charge in [0.05, 0.1) is 23.8 Å². The van der Waals surface area contributed by atoms with Gasteiger partial charge in [-0.2, -0.15) is 5.10 Å². The van der Waals surface area contributed by atoms with Crippen LogP contribution in [0.5, 0.6) is 0 Å². The maximum atomic E-state index is 12.5. The zero-order valence-electron chi connectivity index (χ0n) is 14.9. The average molecular weight is 341 g/mol. The molecule has 1 N–H and O–H groups in total. The van der Waals surface area contributed by atoms with E-state index in [4.69, 9.17) is 5.10 Å². The summed E-state index contributed by atoms with van der Waals surface area (Å²) in [5.74, 6) is 0. The zero-order valence-corrected chi connectivity index (χ0v) is 14.9. The maximum Gasteiger partial charge on any atom is 0.267 e. The first kappa shape index (κ1) is 16.5. The van der Waals surface area contributed by atoms with Crippen LogP contribution in [0.4, 0.5) is 0 Å². The van der Waals surface area contributed by atoms with Crippen LogP contribution in [0.2, 0.25) is 0 Å². The Labute approximate surface area is 148 Å². The van der Waals surface area contributed by atoms with Gasteiger partial charge in [-0.15, -0.1) is 0 Å². The molecule has 1 saturated carbocycles. The van der Waals surface area contributed by atoms with Gasteiger partial charge < -0.3 is 9.88 Å². The van der Waals surface area contributed by atoms with Gasteiger partial charge in [0.25, 0.3) is 5.56 Å². The molecule has 0 saturated heterocycles. The van der Waals surface area contributed by atoms with Gasteiger partial charge in [0.15, 0.2) is 0 Å². The Bertz CT molecular complexity index is 785. The van der Waals surface area contributed by atoms with Gasteiger partial charge in [-0.05, 0) is 56.9 Å².